The maximum atomic E-state index is 13.1. The Kier molecular flexibility index (Phi) is 6.28. The van der Waals surface area contributed by atoms with Gasteiger partial charge in [0.1, 0.15) is 18.0 Å². The first kappa shape index (κ1) is 21.6. The quantitative estimate of drug-likeness (QED) is 0.409. The van der Waals surface area contributed by atoms with Crippen molar-refractivity contribution in [3.63, 3.8) is 0 Å². The second-order valence-electron chi connectivity index (χ2n) is 7.27. The summed E-state index contributed by atoms with van der Waals surface area (Å²) in [5, 5.41) is 2.79. The number of benzene rings is 3. The Morgan fingerprint density at radius 1 is 0.969 bits per heavy atom. The third kappa shape index (κ3) is 4.24. The number of carbonyl (C=O) groups is 1. The molecular weight excluding hydrogens is 470 g/mol. The minimum absolute atomic E-state index is 0.238. The van der Waals surface area contributed by atoms with Crippen LogP contribution in [0.2, 0.25) is 0 Å². The Hall–Kier alpha value is -3.58. The summed E-state index contributed by atoms with van der Waals surface area (Å²) >= 11 is 3.51. The molecule has 0 fully saturated rings. The van der Waals surface area contributed by atoms with Crippen molar-refractivity contribution in [3.8, 4) is 11.4 Å². The molecule has 0 spiro atoms. The standard InChI is InChI=1S/C25H22BrN3O3/c1-17-23(25(31)29(28(17)2)19-11-4-3-5-12-19)27-24(30)20-13-7-9-15-22(20)32-16-18-10-6-8-14-21(18)26/h3-15H,16H2,1-2H3,(H,27,30). The second-order valence-corrected chi connectivity index (χ2v) is 8.12. The lowest BCUT2D eigenvalue weighted by Gasteiger charge is -2.12. The van der Waals surface area contributed by atoms with Crippen LogP contribution in [-0.4, -0.2) is 15.3 Å². The van der Waals surface area contributed by atoms with Gasteiger partial charge in [-0.05, 0) is 37.3 Å². The topological polar surface area (TPSA) is 65.3 Å². The fraction of sp³-hybridized carbons (Fsp3) is 0.120. The highest BCUT2D eigenvalue weighted by Gasteiger charge is 2.20. The largest absolute Gasteiger partial charge is 0.488 e. The van der Waals surface area contributed by atoms with Gasteiger partial charge in [0.15, 0.2) is 0 Å². The number of amides is 1. The van der Waals surface area contributed by atoms with E-state index in [2.05, 4.69) is 21.2 Å². The number of rotatable bonds is 6. The number of nitrogens with zero attached hydrogens (tertiary/aromatic N) is 2. The molecule has 3 aromatic carbocycles. The van der Waals surface area contributed by atoms with Crippen molar-refractivity contribution in [1.82, 2.24) is 9.36 Å². The molecule has 0 saturated carbocycles. The molecule has 162 valence electrons. The summed E-state index contributed by atoms with van der Waals surface area (Å²) in [4.78, 5) is 26.2. The average Bonchev–Trinajstić information content (AvgIpc) is 3.02. The van der Waals surface area contributed by atoms with Crippen LogP contribution in [0.1, 0.15) is 21.6 Å². The molecule has 0 bridgehead atoms. The first-order valence-corrected chi connectivity index (χ1v) is 10.9. The number of halogens is 1. The van der Waals surface area contributed by atoms with E-state index in [1.165, 1.54) is 4.68 Å². The van der Waals surface area contributed by atoms with E-state index in [-0.39, 0.29) is 11.2 Å². The monoisotopic (exact) mass is 491 g/mol. The molecule has 6 nitrogen and oxygen atoms in total. The van der Waals surface area contributed by atoms with Crippen LogP contribution in [0, 0.1) is 6.92 Å². The van der Waals surface area contributed by atoms with Gasteiger partial charge >= 0.3 is 0 Å². The lowest BCUT2D eigenvalue weighted by Crippen LogP contribution is -2.23. The minimum atomic E-state index is -0.404. The lowest BCUT2D eigenvalue weighted by atomic mass is 10.1. The predicted octanol–water partition coefficient (Wildman–Crippen LogP) is 5.08. The third-order valence-electron chi connectivity index (χ3n) is 5.27. The molecule has 7 heteroatoms. The van der Waals surface area contributed by atoms with E-state index in [9.17, 15) is 9.59 Å². The van der Waals surface area contributed by atoms with Crippen LogP contribution in [0.15, 0.2) is 88.1 Å². The summed E-state index contributed by atoms with van der Waals surface area (Å²) in [6, 6.07) is 24.0. The number of hydrogen-bond acceptors (Lipinski definition) is 3. The summed E-state index contributed by atoms with van der Waals surface area (Å²) in [7, 11) is 1.79. The van der Waals surface area contributed by atoms with Gasteiger partial charge in [-0.3, -0.25) is 14.3 Å². The van der Waals surface area contributed by atoms with E-state index < -0.39 is 5.91 Å². The SMILES string of the molecule is Cc1c(NC(=O)c2ccccc2OCc2ccccc2Br)c(=O)n(-c2ccccc2)n1C. The van der Waals surface area contributed by atoms with Crippen LogP contribution in [0.5, 0.6) is 5.75 Å². The van der Waals surface area contributed by atoms with Gasteiger partial charge in [0.2, 0.25) is 0 Å². The van der Waals surface area contributed by atoms with Crippen molar-refractivity contribution < 1.29 is 9.53 Å². The predicted molar refractivity (Wildman–Crippen MR) is 129 cm³/mol. The van der Waals surface area contributed by atoms with Crippen LogP contribution < -0.4 is 15.6 Å². The fourth-order valence-electron chi connectivity index (χ4n) is 3.44. The van der Waals surface area contributed by atoms with E-state index in [1.54, 1.807) is 36.9 Å². The molecule has 4 aromatic rings. The number of hydrogen-bond donors (Lipinski definition) is 1. The van der Waals surface area contributed by atoms with Gasteiger partial charge in [0.25, 0.3) is 11.5 Å². The Morgan fingerprint density at radius 3 is 2.38 bits per heavy atom. The molecular formula is C25H22BrN3O3. The average molecular weight is 492 g/mol. The molecule has 0 aliphatic heterocycles. The molecule has 4 rings (SSSR count). The van der Waals surface area contributed by atoms with Crippen molar-refractivity contribution in [1.29, 1.82) is 0 Å². The first-order chi connectivity index (χ1) is 15.5. The zero-order valence-corrected chi connectivity index (χ0v) is 19.3. The number of aromatic nitrogens is 2. The van der Waals surface area contributed by atoms with Crippen LogP contribution in [0.4, 0.5) is 5.69 Å². The molecule has 1 heterocycles. The Labute approximate surface area is 194 Å². The fourth-order valence-corrected chi connectivity index (χ4v) is 3.84. The van der Waals surface area contributed by atoms with Gasteiger partial charge in [0, 0.05) is 17.1 Å². The third-order valence-corrected chi connectivity index (χ3v) is 6.04. The highest BCUT2D eigenvalue weighted by molar-refractivity contribution is 9.10. The zero-order chi connectivity index (χ0) is 22.7. The van der Waals surface area contributed by atoms with Gasteiger partial charge in [-0.25, -0.2) is 4.68 Å². The molecule has 0 saturated heterocycles. The van der Waals surface area contributed by atoms with E-state index in [4.69, 9.17) is 4.74 Å². The van der Waals surface area contributed by atoms with Gasteiger partial charge in [0.05, 0.1) is 16.9 Å². The summed E-state index contributed by atoms with van der Waals surface area (Å²) in [5.74, 6) is 0.0384. The second kappa shape index (κ2) is 9.28. The highest BCUT2D eigenvalue weighted by atomic mass is 79.9. The highest BCUT2D eigenvalue weighted by Crippen LogP contribution is 2.24. The first-order valence-electron chi connectivity index (χ1n) is 10.1. The number of para-hydroxylation sites is 2. The van der Waals surface area contributed by atoms with E-state index in [0.717, 1.165) is 15.7 Å². The van der Waals surface area contributed by atoms with E-state index in [1.807, 2.05) is 60.7 Å². The molecule has 32 heavy (non-hydrogen) atoms. The van der Waals surface area contributed by atoms with Crippen molar-refractivity contribution >= 4 is 27.5 Å². The van der Waals surface area contributed by atoms with Crippen LogP contribution >= 0.6 is 15.9 Å². The van der Waals surface area contributed by atoms with Crippen molar-refractivity contribution in [2.45, 2.75) is 13.5 Å². The van der Waals surface area contributed by atoms with Crippen LogP contribution in [0.25, 0.3) is 5.69 Å². The smallest absolute Gasteiger partial charge is 0.295 e. The lowest BCUT2D eigenvalue weighted by molar-refractivity contribution is 0.102. The van der Waals surface area contributed by atoms with Gasteiger partial charge in [-0.1, -0.05) is 64.5 Å². The van der Waals surface area contributed by atoms with Crippen molar-refractivity contribution in [3.05, 3.63) is 111 Å². The van der Waals surface area contributed by atoms with E-state index >= 15 is 0 Å². The molecule has 0 unspecified atom stereocenters. The van der Waals surface area contributed by atoms with Crippen LogP contribution in [0.3, 0.4) is 0 Å². The van der Waals surface area contributed by atoms with Crippen molar-refractivity contribution in [2.75, 3.05) is 5.32 Å². The minimum Gasteiger partial charge on any atom is -0.488 e. The van der Waals surface area contributed by atoms with Gasteiger partial charge in [-0.2, -0.15) is 0 Å². The molecule has 0 aliphatic rings. The van der Waals surface area contributed by atoms with Crippen LogP contribution in [-0.2, 0) is 13.7 Å². The van der Waals surface area contributed by atoms with Gasteiger partial charge < -0.3 is 10.1 Å². The number of ether oxygens (including phenoxy) is 1. The number of carbonyl (C=O) groups excluding carboxylic acids is 1. The molecule has 1 aromatic heterocycles. The normalized spacial score (nSPS) is 10.7. The van der Waals surface area contributed by atoms with Gasteiger partial charge in [-0.15, -0.1) is 0 Å². The van der Waals surface area contributed by atoms with E-state index in [0.29, 0.717) is 23.6 Å². The summed E-state index contributed by atoms with van der Waals surface area (Å²) in [6.07, 6.45) is 0. The summed E-state index contributed by atoms with van der Waals surface area (Å²) in [6.45, 7) is 2.10. The maximum absolute atomic E-state index is 13.1. The number of nitrogens with one attached hydrogen (secondary N) is 1. The molecule has 1 amide bonds. The summed E-state index contributed by atoms with van der Waals surface area (Å²) in [5.41, 5.74) is 2.64. The Bertz CT molecular complexity index is 1330. The zero-order valence-electron chi connectivity index (χ0n) is 17.7. The molecule has 0 atom stereocenters. The number of anilines is 1. The Morgan fingerprint density at radius 2 is 1.62 bits per heavy atom. The maximum Gasteiger partial charge on any atom is 0.295 e. The Balaban J connectivity index is 1.61. The molecule has 0 radical (unpaired) electrons. The molecule has 1 N–H and O–H groups in total. The summed E-state index contributed by atoms with van der Waals surface area (Å²) < 4.78 is 10.1. The molecule has 0 aliphatic carbocycles. The van der Waals surface area contributed by atoms with Crippen molar-refractivity contribution in [2.24, 2.45) is 7.05 Å².